The highest BCUT2D eigenvalue weighted by atomic mass is 16.2. The van der Waals surface area contributed by atoms with Crippen molar-refractivity contribution in [2.75, 3.05) is 13.6 Å². The average molecular weight is 154 g/mol. The minimum atomic E-state index is -0.145. The molecule has 0 aromatic rings. The van der Waals surface area contributed by atoms with Gasteiger partial charge in [0.15, 0.2) is 0 Å². The Hall–Kier alpha value is -1.01. The molecule has 1 amide bonds. The van der Waals surface area contributed by atoms with Crippen LogP contribution in [0.1, 0.15) is 13.8 Å². The Morgan fingerprint density at radius 1 is 1.64 bits per heavy atom. The van der Waals surface area contributed by atoms with Gasteiger partial charge in [0.1, 0.15) is 0 Å². The van der Waals surface area contributed by atoms with Crippen LogP contribution in [-0.4, -0.2) is 25.5 Å². The number of rotatable bonds is 3. The molecule has 0 fully saturated rings. The summed E-state index contributed by atoms with van der Waals surface area (Å²) in [5.74, 6) is 5.42. The molecule has 2 N–H and O–H groups in total. The topological polar surface area (TPSA) is 41.1 Å². The molecule has 3 heteroatoms. The SMILES string of the molecule is CC#CCNC(=O)[C@H](C)NC. The van der Waals surface area contributed by atoms with Crippen molar-refractivity contribution in [2.45, 2.75) is 19.9 Å². The van der Waals surface area contributed by atoms with Crippen molar-refractivity contribution in [1.29, 1.82) is 0 Å². The maximum Gasteiger partial charge on any atom is 0.237 e. The summed E-state index contributed by atoms with van der Waals surface area (Å²) in [6.45, 7) is 3.98. The van der Waals surface area contributed by atoms with Crippen LogP contribution in [0.25, 0.3) is 0 Å². The van der Waals surface area contributed by atoms with Gasteiger partial charge in [-0.1, -0.05) is 5.92 Å². The second-order valence-electron chi connectivity index (χ2n) is 2.15. The van der Waals surface area contributed by atoms with E-state index in [0.717, 1.165) is 0 Å². The number of nitrogens with one attached hydrogen (secondary N) is 2. The molecule has 0 aromatic heterocycles. The summed E-state index contributed by atoms with van der Waals surface area (Å²) in [7, 11) is 1.75. The summed E-state index contributed by atoms with van der Waals surface area (Å²) in [4.78, 5) is 11.0. The van der Waals surface area contributed by atoms with E-state index in [9.17, 15) is 4.79 Å². The summed E-state index contributed by atoms with van der Waals surface area (Å²) in [6.07, 6.45) is 0. The highest BCUT2D eigenvalue weighted by Gasteiger charge is 2.06. The van der Waals surface area contributed by atoms with Gasteiger partial charge in [0.25, 0.3) is 0 Å². The van der Waals surface area contributed by atoms with E-state index in [2.05, 4.69) is 22.5 Å². The molecule has 0 aromatic carbocycles. The molecule has 0 spiro atoms. The van der Waals surface area contributed by atoms with Crippen LogP contribution in [0.2, 0.25) is 0 Å². The normalized spacial score (nSPS) is 11.2. The highest BCUT2D eigenvalue weighted by Crippen LogP contribution is 1.77. The third-order valence-electron chi connectivity index (χ3n) is 1.35. The fourth-order valence-corrected chi connectivity index (χ4v) is 0.504. The van der Waals surface area contributed by atoms with Gasteiger partial charge in [-0.15, -0.1) is 5.92 Å². The first-order chi connectivity index (χ1) is 5.22. The lowest BCUT2D eigenvalue weighted by atomic mass is 10.3. The molecular formula is C8H14N2O. The molecule has 0 saturated heterocycles. The summed E-state index contributed by atoms with van der Waals surface area (Å²) >= 11 is 0. The van der Waals surface area contributed by atoms with Gasteiger partial charge in [-0.2, -0.15) is 0 Å². The molecule has 0 aliphatic rings. The third-order valence-corrected chi connectivity index (χ3v) is 1.35. The lowest BCUT2D eigenvalue weighted by Gasteiger charge is -2.07. The zero-order valence-corrected chi connectivity index (χ0v) is 7.19. The van der Waals surface area contributed by atoms with Gasteiger partial charge in [0.2, 0.25) is 5.91 Å². The summed E-state index contributed by atoms with van der Waals surface area (Å²) in [5, 5.41) is 5.49. The van der Waals surface area contributed by atoms with Crippen molar-refractivity contribution >= 4 is 5.91 Å². The van der Waals surface area contributed by atoms with E-state index in [4.69, 9.17) is 0 Å². The van der Waals surface area contributed by atoms with Gasteiger partial charge in [-0.05, 0) is 20.9 Å². The van der Waals surface area contributed by atoms with Crippen LogP contribution in [0.15, 0.2) is 0 Å². The van der Waals surface area contributed by atoms with Crippen LogP contribution in [0, 0.1) is 11.8 Å². The maximum absolute atomic E-state index is 11.0. The Bertz CT molecular complexity index is 178. The zero-order valence-electron chi connectivity index (χ0n) is 7.19. The van der Waals surface area contributed by atoms with Crippen molar-refractivity contribution in [2.24, 2.45) is 0 Å². The van der Waals surface area contributed by atoms with E-state index < -0.39 is 0 Å². The lowest BCUT2D eigenvalue weighted by molar-refractivity contribution is -0.122. The Balaban J connectivity index is 3.57. The molecule has 0 aliphatic heterocycles. The van der Waals surface area contributed by atoms with Crippen LogP contribution in [-0.2, 0) is 4.79 Å². The van der Waals surface area contributed by atoms with Crippen LogP contribution in [0.5, 0.6) is 0 Å². The van der Waals surface area contributed by atoms with Crippen LogP contribution < -0.4 is 10.6 Å². The van der Waals surface area contributed by atoms with Crippen molar-refractivity contribution in [3.05, 3.63) is 0 Å². The van der Waals surface area contributed by atoms with Gasteiger partial charge in [-0.25, -0.2) is 0 Å². The van der Waals surface area contributed by atoms with E-state index in [-0.39, 0.29) is 11.9 Å². The molecule has 0 aliphatic carbocycles. The molecule has 0 bridgehead atoms. The smallest absolute Gasteiger partial charge is 0.237 e. The molecule has 0 rings (SSSR count). The molecule has 0 saturated carbocycles. The Labute approximate surface area is 67.6 Å². The first-order valence-electron chi connectivity index (χ1n) is 3.57. The van der Waals surface area contributed by atoms with Gasteiger partial charge in [0, 0.05) is 0 Å². The van der Waals surface area contributed by atoms with Crippen molar-refractivity contribution < 1.29 is 4.79 Å². The third kappa shape index (κ3) is 4.40. The largest absolute Gasteiger partial charge is 0.344 e. The van der Waals surface area contributed by atoms with Crippen molar-refractivity contribution in [3.8, 4) is 11.8 Å². The fraction of sp³-hybridized carbons (Fsp3) is 0.625. The predicted octanol–water partition coefficient (Wildman–Crippen LogP) is -0.266. The highest BCUT2D eigenvalue weighted by molar-refractivity contribution is 5.81. The number of carbonyl (C=O) groups excluding carboxylic acids is 1. The Kier molecular flexibility index (Phi) is 5.22. The quantitative estimate of drug-likeness (QED) is 0.550. The number of hydrogen-bond donors (Lipinski definition) is 2. The number of carbonyl (C=O) groups is 1. The molecule has 0 heterocycles. The van der Waals surface area contributed by atoms with Crippen molar-refractivity contribution in [3.63, 3.8) is 0 Å². The van der Waals surface area contributed by atoms with Crippen LogP contribution >= 0.6 is 0 Å². The summed E-state index contributed by atoms with van der Waals surface area (Å²) < 4.78 is 0. The summed E-state index contributed by atoms with van der Waals surface area (Å²) in [5.41, 5.74) is 0. The first-order valence-corrected chi connectivity index (χ1v) is 3.57. The Morgan fingerprint density at radius 3 is 2.73 bits per heavy atom. The molecular weight excluding hydrogens is 140 g/mol. The van der Waals surface area contributed by atoms with Gasteiger partial charge >= 0.3 is 0 Å². The van der Waals surface area contributed by atoms with Gasteiger partial charge in [-0.3, -0.25) is 4.79 Å². The Morgan fingerprint density at radius 2 is 2.27 bits per heavy atom. The van der Waals surface area contributed by atoms with E-state index in [1.54, 1.807) is 20.9 Å². The predicted molar refractivity (Wildman–Crippen MR) is 45.0 cm³/mol. The van der Waals surface area contributed by atoms with Crippen LogP contribution in [0.3, 0.4) is 0 Å². The maximum atomic E-state index is 11.0. The second kappa shape index (κ2) is 5.75. The monoisotopic (exact) mass is 154 g/mol. The molecule has 62 valence electrons. The molecule has 0 radical (unpaired) electrons. The fourth-order valence-electron chi connectivity index (χ4n) is 0.504. The number of hydrogen-bond acceptors (Lipinski definition) is 2. The molecule has 11 heavy (non-hydrogen) atoms. The second-order valence-corrected chi connectivity index (χ2v) is 2.15. The standard InChI is InChI=1S/C8H14N2O/c1-4-5-6-10-8(11)7(2)9-3/h7,9H,6H2,1-3H3,(H,10,11)/t7-/m0/s1. The summed E-state index contributed by atoms with van der Waals surface area (Å²) in [6, 6.07) is -0.145. The molecule has 3 nitrogen and oxygen atoms in total. The minimum absolute atomic E-state index is 0.0183. The van der Waals surface area contributed by atoms with Crippen LogP contribution in [0.4, 0.5) is 0 Å². The lowest BCUT2D eigenvalue weighted by Crippen LogP contribution is -2.40. The van der Waals surface area contributed by atoms with Gasteiger partial charge in [0.05, 0.1) is 12.6 Å². The van der Waals surface area contributed by atoms with E-state index in [1.165, 1.54) is 0 Å². The van der Waals surface area contributed by atoms with Gasteiger partial charge < -0.3 is 10.6 Å². The van der Waals surface area contributed by atoms with E-state index >= 15 is 0 Å². The zero-order chi connectivity index (χ0) is 8.69. The first kappa shape index (κ1) is 9.99. The van der Waals surface area contributed by atoms with E-state index in [1.807, 2.05) is 0 Å². The molecule has 0 unspecified atom stereocenters. The number of amides is 1. The van der Waals surface area contributed by atoms with Crippen molar-refractivity contribution in [1.82, 2.24) is 10.6 Å². The molecule has 1 atom stereocenters. The number of likely N-dealkylation sites (N-methyl/N-ethyl adjacent to an activating group) is 1. The minimum Gasteiger partial charge on any atom is -0.344 e. The van der Waals surface area contributed by atoms with E-state index in [0.29, 0.717) is 6.54 Å². The average Bonchev–Trinajstić information content (AvgIpc) is 2.03.